The summed E-state index contributed by atoms with van der Waals surface area (Å²) >= 11 is 0. The highest BCUT2D eigenvalue weighted by Gasteiger charge is 2.25. The summed E-state index contributed by atoms with van der Waals surface area (Å²) in [5.41, 5.74) is 1.23. The van der Waals surface area contributed by atoms with Crippen molar-refractivity contribution in [3.63, 3.8) is 0 Å². The van der Waals surface area contributed by atoms with Gasteiger partial charge in [-0.1, -0.05) is 45.4 Å². The highest BCUT2D eigenvalue weighted by molar-refractivity contribution is 5.12. The molecular formula is C15H28O3. The van der Waals surface area contributed by atoms with E-state index in [1.54, 1.807) is 14.2 Å². The molecule has 3 heteroatoms. The van der Waals surface area contributed by atoms with Crippen molar-refractivity contribution in [3.8, 4) is 0 Å². The molecule has 1 aliphatic heterocycles. The number of rotatable bonds is 10. The predicted octanol–water partition coefficient (Wildman–Crippen LogP) is 4.03. The summed E-state index contributed by atoms with van der Waals surface area (Å²) in [5.74, 6) is 0. The summed E-state index contributed by atoms with van der Waals surface area (Å²) in [4.78, 5) is 0. The lowest BCUT2D eigenvalue weighted by Gasteiger charge is -2.14. The van der Waals surface area contributed by atoms with Gasteiger partial charge in [0.15, 0.2) is 12.6 Å². The van der Waals surface area contributed by atoms with E-state index in [-0.39, 0.29) is 12.6 Å². The van der Waals surface area contributed by atoms with Crippen LogP contribution in [0.3, 0.4) is 0 Å². The van der Waals surface area contributed by atoms with Gasteiger partial charge in [0.2, 0.25) is 0 Å². The molecule has 3 nitrogen and oxygen atoms in total. The summed E-state index contributed by atoms with van der Waals surface area (Å²) < 4.78 is 16.0. The third kappa shape index (κ3) is 5.51. The van der Waals surface area contributed by atoms with Gasteiger partial charge in [-0.3, -0.25) is 0 Å². The first-order chi connectivity index (χ1) is 8.81. The van der Waals surface area contributed by atoms with Gasteiger partial charge in [0.25, 0.3) is 0 Å². The van der Waals surface area contributed by atoms with E-state index in [1.807, 2.05) is 6.08 Å². The minimum atomic E-state index is -0.227. The molecule has 2 atom stereocenters. The number of ether oxygens (including phenoxy) is 3. The van der Waals surface area contributed by atoms with Gasteiger partial charge in [-0.05, 0) is 24.5 Å². The fraction of sp³-hybridized carbons (Fsp3) is 0.867. The van der Waals surface area contributed by atoms with E-state index in [0.717, 1.165) is 6.42 Å². The molecule has 2 unspecified atom stereocenters. The Morgan fingerprint density at radius 2 is 1.67 bits per heavy atom. The van der Waals surface area contributed by atoms with Gasteiger partial charge in [0.05, 0.1) is 0 Å². The lowest BCUT2D eigenvalue weighted by atomic mass is 10.0. The maximum Gasteiger partial charge on any atom is 0.183 e. The molecule has 18 heavy (non-hydrogen) atoms. The second-order valence-corrected chi connectivity index (χ2v) is 4.92. The van der Waals surface area contributed by atoms with Crippen LogP contribution in [0.25, 0.3) is 0 Å². The first-order valence-electron chi connectivity index (χ1n) is 7.23. The third-order valence-electron chi connectivity index (χ3n) is 3.43. The predicted molar refractivity (Wildman–Crippen MR) is 73.4 cm³/mol. The van der Waals surface area contributed by atoms with Gasteiger partial charge >= 0.3 is 0 Å². The van der Waals surface area contributed by atoms with Gasteiger partial charge in [-0.2, -0.15) is 0 Å². The molecule has 0 spiro atoms. The highest BCUT2D eigenvalue weighted by atomic mass is 16.8. The summed E-state index contributed by atoms with van der Waals surface area (Å²) in [6.45, 7) is 2.25. The normalized spacial score (nSPS) is 23.4. The molecule has 0 amide bonds. The van der Waals surface area contributed by atoms with Crippen LogP contribution in [0.5, 0.6) is 0 Å². The summed E-state index contributed by atoms with van der Waals surface area (Å²) in [7, 11) is 3.34. The Balaban J connectivity index is 2.10. The van der Waals surface area contributed by atoms with Crippen molar-refractivity contribution in [1.29, 1.82) is 0 Å². The molecule has 0 aromatic heterocycles. The molecule has 1 heterocycles. The van der Waals surface area contributed by atoms with E-state index in [4.69, 9.17) is 14.2 Å². The SMILES string of the molecule is CCCCCCCCCC1=CC(OC)OC1OC. The van der Waals surface area contributed by atoms with Crippen molar-refractivity contribution < 1.29 is 14.2 Å². The first-order valence-corrected chi connectivity index (χ1v) is 7.23. The van der Waals surface area contributed by atoms with Crippen molar-refractivity contribution in [3.05, 3.63) is 11.6 Å². The van der Waals surface area contributed by atoms with Crippen molar-refractivity contribution in [1.82, 2.24) is 0 Å². The minimum absolute atomic E-state index is 0.199. The van der Waals surface area contributed by atoms with E-state index >= 15 is 0 Å². The highest BCUT2D eigenvalue weighted by Crippen LogP contribution is 2.25. The Morgan fingerprint density at radius 3 is 2.28 bits per heavy atom. The van der Waals surface area contributed by atoms with Crippen LogP contribution in [0, 0.1) is 0 Å². The summed E-state index contributed by atoms with van der Waals surface area (Å²) in [6, 6.07) is 0. The van der Waals surface area contributed by atoms with Crippen LogP contribution in [0.2, 0.25) is 0 Å². The van der Waals surface area contributed by atoms with Crippen molar-refractivity contribution in [2.24, 2.45) is 0 Å². The molecule has 0 aliphatic carbocycles. The molecule has 0 aromatic carbocycles. The van der Waals surface area contributed by atoms with Crippen molar-refractivity contribution in [2.45, 2.75) is 70.9 Å². The maximum absolute atomic E-state index is 5.55. The van der Waals surface area contributed by atoms with E-state index in [2.05, 4.69) is 6.92 Å². The zero-order valence-corrected chi connectivity index (χ0v) is 12.1. The van der Waals surface area contributed by atoms with Gasteiger partial charge < -0.3 is 14.2 Å². The standard InChI is InChI=1S/C15H28O3/c1-4-5-6-7-8-9-10-11-13-12-14(16-2)18-15(13)17-3/h12,14-15H,4-11H2,1-3H3. The Morgan fingerprint density at radius 1 is 1.00 bits per heavy atom. The number of hydrogen-bond acceptors (Lipinski definition) is 3. The van der Waals surface area contributed by atoms with Crippen LogP contribution in [-0.4, -0.2) is 26.8 Å². The van der Waals surface area contributed by atoms with Crippen LogP contribution < -0.4 is 0 Å². The van der Waals surface area contributed by atoms with Crippen LogP contribution in [0.15, 0.2) is 11.6 Å². The number of unbranched alkanes of at least 4 members (excludes halogenated alkanes) is 6. The van der Waals surface area contributed by atoms with Crippen LogP contribution >= 0.6 is 0 Å². The molecule has 1 rings (SSSR count). The van der Waals surface area contributed by atoms with Crippen LogP contribution in [0.4, 0.5) is 0 Å². The monoisotopic (exact) mass is 256 g/mol. The second kappa shape index (κ2) is 9.54. The molecule has 0 bridgehead atoms. The molecule has 0 N–H and O–H groups in total. The largest absolute Gasteiger partial charge is 0.352 e. The fourth-order valence-electron chi connectivity index (χ4n) is 2.32. The third-order valence-corrected chi connectivity index (χ3v) is 3.43. The van der Waals surface area contributed by atoms with E-state index < -0.39 is 0 Å². The molecular weight excluding hydrogens is 228 g/mol. The van der Waals surface area contributed by atoms with Crippen LogP contribution in [-0.2, 0) is 14.2 Å². The van der Waals surface area contributed by atoms with Gasteiger partial charge in [-0.15, -0.1) is 0 Å². The second-order valence-electron chi connectivity index (χ2n) is 4.92. The summed E-state index contributed by atoms with van der Waals surface area (Å²) in [5, 5.41) is 0. The number of methoxy groups -OCH3 is 2. The molecule has 0 fully saturated rings. The Bertz CT molecular complexity index is 238. The average molecular weight is 256 g/mol. The Hall–Kier alpha value is -0.380. The molecule has 0 radical (unpaired) electrons. The Kier molecular flexibility index (Phi) is 8.31. The van der Waals surface area contributed by atoms with E-state index in [1.165, 1.54) is 50.5 Å². The molecule has 1 aliphatic rings. The average Bonchev–Trinajstić information content (AvgIpc) is 2.80. The van der Waals surface area contributed by atoms with Gasteiger partial charge in [0.1, 0.15) is 0 Å². The minimum Gasteiger partial charge on any atom is -0.352 e. The quantitative estimate of drug-likeness (QED) is 0.436. The lowest BCUT2D eigenvalue weighted by Crippen LogP contribution is -2.17. The topological polar surface area (TPSA) is 27.7 Å². The zero-order valence-electron chi connectivity index (χ0n) is 12.1. The fourth-order valence-corrected chi connectivity index (χ4v) is 2.32. The Labute approximate surface area is 111 Å². The summed E-state index contributed by atoms with van der Waals surface area (Å²) in [6.07, 6.45) is 12.0. The molecule has 0 saturated carbocycles. The van der Waals surface area contributed by atoms with Gasteiger partial charge in [0, 0.05) is 14.2 Å². The molecule has 0 saturated heterocycles. The van der Waals surface area contributed by atoms with Crippen molar-refractivity contribution in [2.75, 3.05) is 14.2 Å². The van der Waals surface area contributed by atoms with E-state index in [0.29, 0.717) is 0 Å². The van der Waals surface area contributed by atoms with Crippen molar-refractivity contribution >= 4 is 0 Å². The molecule has 0 aromatic rings. The van der Waals surface area contributed by atoms with Gasteiger partial charge in [-0.25, -0.2) is 0 Å². The number of hydrogen-bond donors (Lipinski definition) is 0. The smallest absolute Gasteiger partial charge is 0.183 e. The van der Waals surface area contributed by atoms with Crippen LogP contribution in [0.1, 0.15) is 58.3 Å². The first kappa shape index (κ1) is 15.7. The zero-order chi connectivity index (χ0) is 13.2. The maximum atomic E-state index is 5.55. The van der Waals surface area contributed by atoms with E-state index in [9.17, 15) is 0 Å². The molecule has 106 valence electrons. The lowest BCUT2D eigenvalue weighted by molar-refractivity contribution is -0.177.